The van der Waals surface area contributed by atoms with Gasteiger partial charge in [0, 0.05) is 19.2 Å². The highest BCUT2D eigenvalue weighted by atomic mass is 35.5. The Hall–Kier alpha value is -2.81. The van der Waals surface area contributed by atoms with Gasteiger partial charge in [0.15, 0.2) is 0 Å². The Kier molecular flexibility index (Phi) is 8.26. The van der Waals surface area contributed by atoms with Crippen LogP contribution in [0.3, 0.4) is 0 Å². The molecule has 0 aliphatic heterocycles. The van der Waals surface area contributed by atoms with Crippen LogP contribution in [-0.4, -0.2) is 37.5 Å². The maximum atomic E-state index is 12.4. The number of esters is 1. The van der Waals surface area contributed by atoms with Crippen molar-refractivity contribution in [1.29, 1.82) is 0 Å². The van der Waals surface area contributed by atoms with Crippen molar-refractivity contribution in [2.45, 2.75) is 12.6 Å². The largest absolute Gasteiger partial charge is 0.467 e. The molecular weight excluding hydrogens is 421 g/mol. The first kappa shape index (κ1) is 22.5. The number of nitrogens with one attached hydrogen (secondary N) is 2. The highest BCUT2D eigenvalue weighted by Gasteiger charge is 2.23. The van der Waals surface area contributed by atoms with Crippen molar-refractivity contribution in [3.05, 3.63) is 63.5 Å². The predicted octanol–water partition coefficient (Wildman–Crippen LogP) is 2.15. The standard InChI is InChI=1S/C19H19Cl2N3O5/c1-28-19(27)15(9-22)24-18(26)17-13(20)7-11(8-14(17)21)10-23-16(25)5-4-12-3-2-6-29-12/h2-8,15H,9-10,22H2,1H3,(H,23,25)(H,24,26)/b5-4+/t15-/m0/s1. The van der Waals surface area contributed by atoms with E-state index in [-0.39, 0.29) is 34.6 Å². The summed E-state index contributed by atoms with van der Waals surface area (Å²) in [5.74, 6) is -1.16. The number of hydrogen-bond acceptors (Lipinski definition) is 6. The summed E-state index contributed by atoms with van der Waals surface area (Å²) in [5.41, 5.74) is 6.04. The van der Waals surface area contributed by atoms with Crippen LogP contribution < -0.4 is 16.4 Å². The average Bonchev–Trinajstić information content (AvgIpc) is 3.21. The Labute approximate surface area is 177 Å². The van der Waals surface area contributed by atoms with Gasteiger partial charge in [-0.3, -0.25) is 9.59 Å². The molecule has 10 heteroatoms. The van der Waals surface area contributed by atoms with Gasteiger partial charge in [-0.15, -0.1) is 0 Å². The first-order chi connectivity index (χ1) is 13.8. The lowest BCUT2D eigenvalue weighted by Gasteiger charge is -2.16. The Bertz CT molecular complexity index is 890. The zero-order chi connectivity index (χ0) is 21.4. The third-order valence-electron chi connectivity index (χ3n) is 3.76. The van der Waals surface area contributed by atoms with Crippen LogP contribution in [0.5, 0.6) is 0 Å². The Balaban J connectivity index is 2.03. The van der Waals surface area contributed by atoms with Crippen LogP contribution in [0.25, 0.3) is 6.08 Å². The summed E-state index contributed by atoms with van der Waals surface area (Å²) in [5, 5.41) is 5.21. The molecule has 1 aromatic carbocycles. The molecule has 0 radical (unpaired) electrons. The van der Waals surface area contributed by atoms with Crippen molar-refractivity contribution in [1.82, 2.24) is 10.6 Å². The van der Waals surface area contributed by atoms with Gasteiger partial charge in [-0.1, -0.05) is 23.2 Å². The van der Waals surface area contributed by atoms with Gasteiger partial charge in [-0.25, -0.2) is 4.79 Å². The monoisotopic (exact) mass is 439 g/mol. The maximum absolute atomic E-state index is 12.4. The second-order valence-electron chi connectivity index (χ2n) is 5.79. The van der Waals surface area contributed by atoms with Crippen molar-refractivity contribution in [3.63, 3.8) is 0 Å². The lowest BCUT2D eigenvalue weighted by atomic mass is 10.1. The van der Waals surface area contributed by atoms with E-state index in [2.05, 4.69) is 15.4 Å². The summed E-state index contributed by atoms with van der Waals surface area (Å²) in [6.07, 6.45) is 4.35. The lowest BCUT2D eigenvalue weighted by Crippen LogP contribution is -2.46. The number of methoxy groups -OCH3 is 1. The fourth-order valence-corrected chi connectivity index (χ4v) is 3.03. The molecule has 2 rings (SSSR count). The van der Waals surface area contributed by atoms with Gasteiger partial charge in [0.05, 0.1) is 29.0 Å². The minimum Gasteiger partial charge on any atom is -0.467 e. The number of hydrogen-bond donors (Lipinski definition) is 3. The molecular formula is C19H19Cl2N3O5. The van der Waals surface area contributed by atoms with Crippen LogP contribution >= 0.6 is 23.2 Å². The van der Waals surface area contributed by atoms with Crippen molar-refractivity contribution < 1.29 is 23.5 Å². The van der Waals surface area contributed by atoms with Crippen LogP contribution in [0, 0.1) is 0 Å². The van der Waals surface area contributed by atoms with Gasteiger partial charge < -0.3 is 25.5 Å². The smallest absolute Gasteiger partial charge is 0.329 e. The first-order valence-corrected chi connectivity index (χ1v) is 9.17. The van der Waals surface area contributed by atoms with Gasteiger partial charge >= 0.3 is 5.97 Å². The van der Waals surface area contributed by atoms with E-state index < -0.39 is 17.9 Å². The molecule has 2 aromatic rings. The minimum atomic E-state index is -1.03. The third kappa shape index (κ3) is 6.35. The number of ether oxygens (including phenoxy) is 1. The molecule has 1 heterocycles. The predicted molar refractivity (Wildman–Crippen MR) is 108 cm³/mol. The van der Waals surface area contributed by atoms with Gasteiger partial charge in [0.25, 0.3) is 5.91 Å². The number of carbonyl (C=O) groups excluding carboxylic acids is 3. The van der Waals surface area contributed by atoms with E-state index in [9.17, 15) is 14.4 Å². The SMILES string of the molecule is COC(=O)[C@H](CN)NC(=O)c1c(Cl)cc(CNC(=O)/C=C/c2ccco2)cc1Cl. The van der Waals surface area contributed by atoms with Crippen LogP contribution in [0.2, 0.25) is 10.0 Å². The van der Waals surface area contributed by atoms with Crippen molar-refractivity contribution >= 4 is 47.1 Å². The number of rotatable bonds is 8. The van der Waals surface area contributed by atoms with Crippen molar-refractivity contribution in [3.8, 4) is 0 Å². The van der Waals surface area contributed by atoms with E-state index in [0.29, 0.717) is 11.3 Å². The van der Waals surface area contributed by atoms with Gasteiger partial charge in [-0.05, 0) is 35.9 Å². The number of benzene rings is 1. The number of amides is 2. The lowest BCUT2D eigenvalue weighted by molar-refractivity contribution is -0.142. The Morgan fingerprint density at radius 1 is 1.28 bits per heavy atom. The number of nitrogens with two attached hydrogens (primary N) is 1. The van der Waals surface area contributed by atoms with Crippen molar-refractivity contribution in [2.24, 2.45) is 5.73 Å². The van der Waals surface area contributed by atoms with Crippen LogP contribution in [0.1, 0.15) is 21.7 Å². The molecule has 0 unspecified atom stereocenters. The van der Waals surface area contributed by atoms with Gasteiger partial charge in [0.2, 0.25) is 5.91 Å². The van der Waals surface area contributed by atoms with Crippen LogP contribution in [0.4, 0.5) is 0 Å². The molecule has 0 spiro atoms. The third-order valence-corrected chi connectivity index (χ3v) is 4.36. The molecule has 0 aliphatic rings. The molecule has 4 N–H and O–H groups in total. The molecule has 0 saturated carbocycles. The van der Waals surface area contributed by atoms with E-state index in [1.54, 1.807) is 12.1 Å². The fourth-order valence-electron chi connectivity index (χ4n) is 2.32. The highest BCUT2D eigenvalue weighted by Crippen LogP contribution is 2.27. The molecule has 0 aliphatic carbocycles. The first-order valence-electron chi connectivity index (χ1n) is 8.41. The topological polar surface area (TPSA) is 124 Å². The zero-order valence-corrected chi connectivity index (χ0v) is 16.9. The Morgan fingerprint density at radius 2 is 1.97 bits per heavy atom. The minimum absolute atomic E-state index is 0.0107. The summed E-state index contributed by atoms with van der Waals surface area (Å²) in [6.45, 7) is -0.0143. The molecule has 0 fully saturated rings. The zero-order valence-electron chi connectivity index (χ0n) is 15.4. The molecule has 1 aromatic heterocycles. The van der Waals surface area contributed by atoms with Gasteiger partial charge in [0.1, 0.15) is 11.8 Å². The van der Waals surface area contributed by atoms with E-state index in [0.717, 1.165) is 0 Å². The van der Waals surface area contributed by atoms with Gasteiger partial charge in [-0.2, -0.15) is 0 Å². The second-order valence-corrected chi connectivity index (χ2v) is 6.60. The van der Waals surface area contributed by atoms with E-state index >= 15 is 0 Å². The van der Waals surface area contributed by atoms with Crippen LogP contribution in [-0.2, 0) is 20.9 Å². The molecule has 8 nitrogen and oxygen atoms in total. The summed E-state index contributed by atoms with van der Waals surface area (Å²) in [6, 6.07) is 5.38. The van der Waals surface area contributed by atoms with Crippen molar-refractivity contribution in [2.75, 3.05) is 13.7 Å². The Morgan fingerprint density at radius 3 is 2.52 bits per heavy atom. The van der Waals surface area contributed by atoms with E-state index in [1.807, 2.05) is 0 Å². The summed E-state index contributed by atoms with van der Waals surface area (Å²) in [7, 11) is 1.18. The fraction of sp³-hybridized carbons (Fsp3) is 0.211. The number of carbonyl (C=O) groups is 3. The summed E-state index contributed by atoms with van der Waals surface area (Å²) in [4.78, 5) is 35.9. The quantitative estimate of drug-likeness (QED) is 0.427. The normalized spacial score (nSPS) is 11.9. The second kappa shape index (κ2) is 10.7. The summed E-state index contributed by atoms with van der Waals surface area (Å²) < 4.78 is 9.66. The molecule has 0 bridgehead atoms. The summed E-state index contributed by atoms with van der Waals surface area (Å²) >= 11 is 12.4. The molecule has 1 atom stereocenters. The number of halogens is 2. The van der Waals surface area contributed by atoms with E-state index in [1.165, 1.54) is 37.7 Å². The number of furan rings is 1. The highest BCUT2D eigenvalue weighted by molar-refractivity contribution is 6.39. The average molecular weight is 440 g/mol. The van der Waals surface area contributed by atoms with Crippen LogP contribution in [0.15, 0.2) is 41.0 Å². The molecule has 154 valence electrons. The van der Waals surface area contributed by atoms with E-state index in [4.69, 9.17) is 33.4 Å². The molecule has 29 heavy (non-hydrogen) atoms. The maximum Gasteiger partial charge on any atom is 0.329 e. The molecule has 0 saturated heterocycles. The molecule has 2 amide bonds.